The average molecular weight is 211 g/mol. The molecule has 2 atom stereocenters. The van der Waals surface area contributed by atoms with Crippen LogP contribution in [0.4, 0.5) is 0 Å². The number of aryl methyl sites for hydroxylation is 1. The Balaban J connectivity index is 2.55. The number of hydrogen-bond acceptors (Lipinski definition) is 4. The Hall–Kier alpha value is -1.36. The lowest BCUT2D eigenvalue weighted by atomic mass is 10.1. The predicted octanol–water partition coefficient (Wildman–Crippen LogP) is 0.632. The fraction of sp³-hybridized carbons (Fsp3) is 0.600. The predicted molar refractivity (Wildman–Crippen MR) is 56.2 cm³/mol. The van der Waals surface area contributed by atoms with Gasteiger partial charge in [-0.1, -0.05) is 0 Å². The molecule has 1 heterocycles. The molecule has 0 bridgehead atoms. The minimum atomic E-state index is -0.315. The second-order valence-corrected chi connectivity index (χ2v) is 3.58. The van der Waals surface area contributed by atoms with Crippen LogP contribution in [0.5, 0.6) is 0 Å². The van der Waals surface area contributed by atoms with Gasteiger partial charge in [0, 0.05) is 24.8 Å². The normalized spacial score (nSPS) is 14.7. The van der Waals surface area contributed by atoms with Gasteiger partial charge in [0.25, 0.3) is 0 Å². The molecule has 84 valence electrons. The smallest absolute Gasteiger partial charge is 0.322 e. The summed E-state index contributed by atoms with van der Waals surface area (Å²) in [5.74, 6) is -0.259. The van der Waals surface area contributed by atoms with E-state index in [1.54, 1.807) is 17.8 Å². The van der Waals surface area contributed by atoms with Gasteiger partial charge in [0.2, 0.25) is 0 Å². The van der Waals surface area contributed by atoms with Crippen LogP contribution in [-0.2, 0) is 16.6 Å². The van der Waals surface area contributed by atoms with E-state index < -0.39 is 0 Å². The van der Waals surface area contributed by atoms with Crippen molar-refractivity contribution in [1.29, 1.82) is 0 Å². The molecule has 0 aliphatic heterocycles. The molecule has 1 aromatic heterocycles. The highest BCUT2D eigenvalue weighted by molar-refractivity contribution is 5.75. The summed E-state index contributed by atoms with van der Waals surface area (Å²) in [7, 11) is 3.25. The summed E-state index contributed by atoms with van der Waals surface area (Å²) in [5.41, 5.74) is 1.05. The van der Waals surface area contributed by atoms with Crippen molar-refractivity contribution in [3.8, 4) is 0 Å². The van der Waals surface area contributed by atoms with E-state index in [1.165, 1.54) is 7.11 Å². The number of nitrogens with zero attached hydrogens (tertiary/aromatic N) is 2. The van der Waals surface area contributed by atoms with Crippen LogP contribution in [0.2, 0.25) is 0 Å². The molecule has 0 saturated heterocycles. The Morgan fingerprint density at radius 2 is 2.27 bits per heavy atom. The third kappa shape index (κ3) is 3.06. The largest absolute Gasteiger partial charge is 0.468 e. The molecule has 0 spiro atoms. The van der Waals surface area contributed by atoms with Crippen LogP contribution in [0, 0.1) is 0 Å². The Labute approximate surface area is 89.4 Å². The van der Waals surface area contributed by atoms with Crippen molar-refractivity contribution in [2.75, 3.05) is 7.11 Å². The molecule has 2 unspecified atom stereocenters. The fourth-order valence-electron chi connectivity index (χ4n) is 1.38. The lowest BCUT2D eigenvalue weighted by Gasteiger charge is -2.16. The Morgan fingerprint density at radius 3 is 2.73 bits per heavy atom. The number of nitrogens with one attached hydrogen (secondary N) is 1. The molecule has 0 amide bonds. The van der Waals surface area contributed by atoms with E-state index in [0.29, 0.717) is 0 Å². The molecule has 5 heteroatoms. The van der Waals surface area contributed by atoms with Crippen LogP contribution in [0.1, 0.15) is 25.5 Å². The number of methoxy groups -OCH3 is 1. The lowest BCUT2D eigenvalue weighted by Crippen LogP contribution is -2.36. The average Bonchev–Trinajstić information content (AvgIpc) is 2.63. The van der Waals surface area contributed by atoms with Gasteiger partial charge >= 0.3 is 5.97 Å². The summed E-state index contributed by atoms with van der Waals surface area (Å²) >= 11 is 0. The summed E-state index contributed by atoms with van der Waals surface area (Å²) < 4.78 is 6.36. The van der Waals surface area contributed by atoms with Crippen molar-refractivity contribution in [2.45, 2.75) is 25.9 Å². The molecule has 0 saturated carbocycles. The number of carbonyl (C=O) groups excluding carboxylic acids is 1. The van der Waals surface area contributed by atoms with Crippen LogP contribution < -0.4 is 5.32 Å². The molecule has 0 aliphatic rings. The van der Waals surface area contributed by atoms with Crippen LogP contribution in [0.25, 0.3) is 0 Å². The van der Waals surface area contributed by atoms with Crippen molar-refractivity contribution in [3.05, 3.63) is 18.0 Å². The third-order valence-electron chi connectivity index (χ3n) is 2.28. The van der Waals surface area contributed by atoms with Crippen LogP contribution >= 0.6 is 0 Å². The topological polar surface area (TPSA) is 56.1 Å². The van der Waals surface area contributed by atoms with Gasteiger partial charge in [0.15, 0.2) is 0 Å². The minimum Gasteiger partial charge on any atom is -0.468 e. The number of esters is 1. The summed E-state index contributed by atoms with van der Waals surface area (Å²) in [5, 5.41) is 7.20. The standard InChI is InChI=1S/C10H17N3O2/c1-7(9-5-11-13(3)6-9)12-8(2)10(14)15-4/h5-8,12H,1-4H3. The molecular weight excluding hydrogens is 194 g/mol. The molecular formula is C10H17N3O2. The summed E-state index contributed by atoms with van der Waals surface area (Å²) in [6.07, 6.45) is 3.70. The van der Waals surface area contributed by atoms with Gasteiger partial charge in [0.05, 0.1) is 13.3 Å². The highest BCUT2D eigenvalue weighted by atomic mass is 16.5. The highest BCUT2D eigenvalue weighted by Crippen LogP contribution is 2.11. The molecule has 0 aromatic carbocycles. The van der Waals surface area contributed by atoms with Crippen LogP contribution in [-0.4, -0.2) is 28.9 Å². The first-order valence-corrected chi connectivity index (χ1v) is 4.87. The maximum atomic E-state index is 11.2. The number of carbonyl (C=O) groups is 1. The minimum absolute atomic E-state index is 0.0767. The Kier molecular flexibility index (Phi) is 3.85. The van der Waals surface area contributed by atoms with Gasteiger partial charge < -0.3 is 4.74 Å². The first-order chi connectivity index (χ1) is 7.04. The summed E-state index contributed by atoms with van der Waals surface area (Å²) in [4.78, 5) is 11.2. The quantitative estimate of drug-likeness (QED) is 0.742. The zero-order chi connectivity index (χ0) is 11.4. The summed E-state index contributed by atoms with van der Waals surface area (Å²) in [6.45, 7) is 3.76. The van der Waals surface area contributed by atoms with Gasteiger partial charge in [-0.3, -0.25) is 14.8 Å². The van der Waals surface area contributed by atoms with Gasteiger partial charge in [-0.15, -0.1) is 0 Å². The second-order valence-electron chi connectivity index (χ2n) is 3.58. The van der Waals surface area contributed by atoms with Crippen LogP contribution in [0.15, 0.2) is 12.4 Å². The van der Waals surface area contributed by atoms with E-state index in [1.807, 2.05) is 20.2 Å². The first kappa shape index (κ1) is 11.7. The number of rotatable bonds is 4. The third-order valence-corrected chi connectivity index (χ3v) is 2.28. The van der Waals surface area contributed by atoms with E-state index in [2.05, 4.69) is 15.2 Å². The summed E-state index contributed by atoms with van der Waals surface area (Å²) in [6, 6.07) is -0.238. The SMILES string of the molecule is COC(=O)C(C)NC(C)c1cnn(C)c1. The molecule has 1 N–H and O–H groups in total. The number of hydrogen-bond donors (Lipinski definition) is 1. The van der Waals surface area contributed by atoms with E-state index in [-0.39, 0.29) is 18.1 Å². The molecule has 5 nitrogen and oxygen atoms in total. The first-order valence-electron chi connectivity index (χ1n) is 4.87. The van der Waals surface area contributed by atoms with Crippen molar-refractivity contribution in [2.24, 2.45) is 7.05 Å². The molecule has 0 fully saturated rings. The van der Waals surface area contributed by atoms with Gasteiger partial charge in [0.1, 0.15) is 6.04 Å². The highest BCUT2D eigenvalue weighted by Gasteiger charge is 2.16. The van der Waals surface area contributed by atoms with Crippen molar-refractivity contribution < 1.29 is 9.53 Å². The van der Waals surface area contributed by atoms with Gasteiger partial charge in [-0.2, -0.15) is 5.10 Å². The monoisotopic (exact) mass is 211 g/mol. The Morgan fingerprint density at radius 1 is 1.60 bits per heavy atom. The number of aromatic nitrogens is 2. The molecule has 1 aromatic rings. The molecule has 15 heavy (non-hydrogen) atoms. The van der Waals surface area contributed by atoms with E-state index >= 15 is 0 Å². The van der Waals surface area contributed by atoms with Gasteiger partial charge in [-0.05, 0) is 13.8 Å². The second kappa shape index (κ2) is 4.93. The maximum Gasteiger partial charge on any atom is 0.322 e. The number of ether oxygens (including phenoxy) is 1. The molecule has 1 rings (SSSR count). The molecule has 0 radical (unpaired) electrons. The van der Waals surface area contributed by atoms with Crippen LogP contribution in [0.3, 0.4) is 0 Å². The molecule has 0 aliphatic carbocycles. The Bertz CT molecular complexity index is 335. The maximum absolute atomic E-state index is 11.2. The van der Waals surface area contributed by atoms with E-state index in [0.717, 1.165) is 5.56 Å². The van der Waals surface area contributed by atoms with Crippen molar-refractivity contribution in [1.82, 2.24) is 15.1 Å². The van der Waals surface area contributed by atoms with Crippen molar-refractivity contribution >= 4 is 5.97 Å². The van der Waals surface area contributed by atoms with E-state index in [9.17, 15) is 4.79 Å². The fourth-order valence-corrected chi connectivity index (χ4v) is 1.38. The zero-order valence-electron chi connectivity index (χ0n) is 9.52. The van der Waals surface area contributed by atoms with E-state index in [4.69, 9.17) is 0 Å². The lowest BCUT2D eigenvalue weighted by molar-refractivity contribution is -0.142. The van der Waals surface area contributed by atoms with Crippen molar-refractivity contribution in [3.63, 3.8) is 0 Å². The zero-order valence-corrected chi connectivity index (χ0v) is 9.52. The van der Waals surface area contributed by atoms with Gasteiger partial charge in [-0.25, -0.2) is 0 Å².